The van der Waals surface area contributed by atoms with E-state index in [0.717, 1.165) is 11.1 Å². The second kappa shape index (κ2) is 7.29. The minimum atomic E-state index is -1.36. The summed E-state index contributed by atoms with van der Waals surface area (Å²) in [5.41, 5.74) is 2.14. The molecular formula is C17H17ClO4. The van der Waals surface area contributed by atoms with Crippen LogP contribution in [0, 0.1) is 6.92 Å². The topological polar surface area (TPSA) is 55.8 Å². The fourth-order valence-corrected chi connectivity index (χ4v) is 2.41. The molecule has 0 aromatic heterocycles. The Morgan fingerprint density at radius 1 is 1.27 bits per heavy atom. The van der Waals surface area contributed by atoms with Crippen LogP contribution in [0.5, 0.6) is 5.75 Å². The molecule has 0 aliphatic carbocycles. The summed E-state index contributed by atoms with van der Waals surface area (Å²) in [5.74, 6) is -0.195. The average molecular weight is 321 g/mol. The van der Waals surface area contributed by atoms with Crippen molar-refractivity contribution in [3.05, 3.63) is 64.2 Å². The van der Waals surface area contributed by atoms with Gasteiger partial charge in [-0.1, -0.05) is 41.9 Å². The van der Waals surface area contributed by atoms with Crippen molar-refractivity contribution in [2.24, 2.45) is 0 Å². The van der Waals surface area contributed by atoms with Gasteiger partial charge in [-0.25, -0.2) is 4.79 Å². The number of rotatable bonds is 5. The van der Waals surface area contributed by atoms with E-state index in [-0.39, 0.29) is 0 Å². The molecule has 0 heterocycles. The van der Waals surface area contributed by atoms with Crippen LogP contribution in [0.1, 0.15) is 22.8 Å². The lowest BCUT2D eigenvalue weighted by atomic mass is 10.1. The van der Waals surface area contributed by atoms with Gasteiger partial charge in [0.15, 0.2) is 6.10 Å². The van der Waals surface area contributed by atoms with Crippen molar-refractivity contribution in [2.45, 2.75) is 19.6 Å². The Balaban J connectivity index is 2.18. The first-order valence-corrected chi connectivity index (χ1v) is 7.13. The zero-order valence-electron chi connectivity index (χ0n) is 12.4. The van der Waals surface area contributed by atoms with Crippen molar-refractivity contribution in [1.82, 2.24) is 0 Å². The van der Waals surface area contributed by atoms with E-state index in [9.17, 15) is 9.90 Å². The van der Waals surface area contributed by atoms with Crippen molar-refractivity contribution in [1.29, 1.82) is 0 Å². The Morgan fingerprint density at radius 3 is 2.55 bits per heavy atom. The molecule has 116 valence electrons. The Morgan fingerprint density at radius 2 is 1.95 bits per heavy atom. The van der Waals surface area contributed by atoms with Gasteiger partial charge in [-0.05, 0) is 35.7 Å². The average Bonchev–Trinajstić information content (AvgIpc) is 2.53. The van der Waals surface area contributed by atoms with Gasteiger partial charge in [-0.15, -0.1) is 0 Å². The summed E-state index contributed by atoms with van der Waals surface area (Å²) >= 11 is 6.20. The summed E-state index contributed by atoms with van der Waals surface area (Å²) < 4.78 is 10.3. The van der Waals surface area contributed by atoms with E-state index in [1.54, 1.807) is 13.0 Å². The number of hydrogen-bond donors (Lipinski definition) is 1. The predicted molar refractivity (Wildman–Crippen MR) is 83.9 cm³/mol. The van der Waals surface area contributed by atoms with Crippen molar-refractivity contribution in [3.8, 4) is 5.75 Å². The first-order chi connectivity index (χ1) is 10.5. The van der Waals surface area contributed by atoms with Crippen LogP contribution < -0.4 is 4.74 Å². The molecule has 1 N–H and O–H groups in total. The van der Waals surface area contributed by atoms with Gasteiger partial charge >= 0.3 is 5.97 Å². The molecule has 0 saturated carbocycles. The van der Waals surface area contributed by atoms with E-state index in [2.05, 4.69) is 4.74 Å². The van der Waals surface area contributed by atoms with E-state index < -0.39 is 12.1 Å². The number of benzene rings is 2. The van der Waals surface area contributed by atoms with Crippen molar-refractivity contribution < 1.29 is 19.4 Å². The van der Waals surface area contributed by atoms with Gasteiger partial charge in [0, 0.05) is 0 Å². The van der Waals surface area contributed by atoms with Crippen molar-refractivity contribution in [2.75, 3.05) is 7.11 Å². The van der Waals surface area contributed by atoms with Gasteiger partial charge in [-0.3, -0.25) is 0 Å². The number of hydrogen-bond acceptors (Lipinski definition) is 4. The molecular weight excluding hydrogens is 304 g/mol. The Hall–Kier alpha value is -2.04. The molecule has 2 aromatic carbocycles. The molecule has 0 aliphatic heterocycles. The van der Waals surface area contributed by atoms with E-state index in [1.807, 2.05) is 30.3 Å². The number of halogens is 1. The standard InChI is InChI=1S/C17H17ClO4/c1-11-8-13(15(19)17(20)21-2)9-14(18)16(11)22-10-12-6-4-3-5-7-12/h3-9,15,19H,10H2,1-2H3. The molecule has 0 aliphatic rings. The van der Waals surface area contributed by atoms with Crippen LogP contribution in [0.25, 0.3) is 0 Å². The fraction of sp³-hybridized carbons (Fsp3) is 0.235. The maximum absolute atomic E-state index is 11.4. The second-order valence-corrected chi connectivity index (χ2v) is 5.26. The molecule has 0 fully saturated rings. The van der Waals surface area contributed by atoms with E-state index in [4.69, 9.17) is 16.3 Å². The van der Waals surface area contributed by atoms with E-state index in [1.165, 1.54) is 13.2 Å². The highest BCUT2D eigenvalue weighted by Gasteiger charge is 2.20. The summed E-state index contributed by atoms with van der Waals surface area (Å²) in [6.07, 6.45) is -1.36. The van der Waals surface area contributed by atoms with Gasteiger partial charge in [-0.2, -0.15) is 0 Å². The maximum Gasteiger partial charge on any atom is 0.339 e. The SMILES string of the molecule is COC(=O)C(O)c1cc(C)c(OCc2ccccc2)c(Cl)c1. The first-order valence-electron chi connectivity index (χ1n) is 6.75. The Bertz CT molecular complexity index is 632. The largest absolute Gasteiger partial charge is 0.487 e. The van der Waals surface area contributed by atoms with Crippen LogP contribution in [0.15, 0.2) is 42.5 Å². The first kappa shape index (κ1) is 16.3. The van der Waals surface area contributed by atoms with Crippen LogP contribution in [0.2, 0.25) is 5.02 Å². The minimum absolute atomic E-state index is 0.342. The van der Waals surface area contributed by atoms with Crippen LogP contribution in [-0.4, -0.2) is 18.2 Å². The number of carbonyl (C=O) groups is 1. The third-order valence-electron chi connectivity index (χ3n) is 3.22. The highest BCUT2D eigenvalue weighted by molar-refractivity contribution is 6.32. The lowest BCUT2D eigenvalue weighted by Crippen LogP contribution is -2.13. The van der Waals surface area contributed by atoms with E-state index in [0.29, 0.717) is 22.9 Å². The van der Waals surface area contributed by atoms with Gasteiger partial charge in [0.1, 0.15) is 12.4 Å². The smallest absolute Gasteiger partial charge is 0.339 e. The lowest BCUT2D eigenvalue weighted by Gasteiger charge is -2.15. The predicted octanol–water partition coefficient (Wildman–Crippen LogP) is 3.43. The number of esters is 1. The van der Waals surface area contributed by atoms with E-state index >= 15 is 0 Å². The van der Waals surface area contributed by atoms with Gasteiger partial charge < -0.3 is 14.6 Å². The molecule has 4 nitrogen and oxygen atoms in total. The number of ether oxygens (including phenoxy) is 2. The van der Waals surface area contributed by atoms with Crippen LogP contribution in [-0.2, 0) is 16.1 Å². The molecule has 0 bridgehead atoms. The van der Waals surface area contributed by atoms with Gasteiger partial charge in [0.2, 0.25) is 0 Å². The van der Waals surface area contributed by atoms with Crippen molar-refractivity contribution in [3.63, 3.8) is 0 Å². The number of aliphatic hydroxyl groups is 1. The van der Waals surface area contributed by atoms with Crippen molar-refractivity contribution >= 4 is 17.6 Å². The molecule has 2 rings (SSSR count). The molecule has 0 saturated heterocycles. The Kier molecular flexibility index (Phi) is 5.41. The second-order valence-electron chi connectivity index (χ2n) is 4.85. The number of methoxy groups -OCH3 is 1. The number of aryl methyl sites for hydroxylation is 1. The number of carbonyl (C=O) groups excluding carboxylic acids is 1. The molecule has 2 aromatic rings. The highest BCUT2D eigenvalue weighted by atomic mass is 35.5. The molecule has 1 unspecified atom stereocenters. The summed E-state index contributed by atoms with van der Waals surface area (Å²) in [6, 6.07) is 12.9. The third-order valence-corrected chi connectivity index (χ3v) is 3.50. The molecule has 1 atom stereocenters. The van der Waals surface area contributed by atoms with Crippen LogP contribution in [0.3, 0.4) is 0 Å². The molecule has 5 heteroatoms. The molecule has 0 radical (unpaired) electrons. The maximum atomic E-state index is 11.4. The zero-order valence-corrected chi connectivity index (χ0v) is 13.1. The third kappa shape index (κ3) is 3.78. The zero-order chi connectivity index (χ0) is 16.1. The van der Waals surface area contributed by atoms with Crippen LogP contribution in [0.4, 0.5) is 0 Å². The molecule has 0 spiro atoms. The van der Waals surface area contributed by atoms with Gasteiger partial charge in [0.05, 0.1) is 12.1 Å². The van der Waals surface area contributed by atoms with Gasteiger partial charge in [0.25, 0.3) is 0 Å². The number of aliphatic hydroxyl groups excluding tert-OH is 1. The highest BCUT2D eigenvalue weighted by Crippen LogP contribution is 2.33. The summed E-state index contributed by atoms with van der Waals surface area (Å²) in [6.45, 7) is 2.19. The normalized spacial score (nSPS) is 11.8. The Labute approximate surface area is 134 Å². The fourth-order valence-electron chi connectivity index (χ4n) is 2.08. The summed E-state index contributed by atoms with van der Waals surface area (Å²) in [4.78, 5) is 11.4. The van der Waals surface area contributed by atoms with Crippen LogP contribution >= 0.6 is 11.6 Å². The monoisotopic (exact) mass is 320 g/mol. The quantitative estimate of drug-likeness (QED) is 0.857. The minimum Gasteiger partial charge on any atom is -0.487 e. The molecule has 0 amide bonds. The lowest BCUT2D eigenvalue weighted by molar-refractivity contribution is -0.150. The summed E-state index contributed by atoms with van der Waals surface area (Å²) in [7, 11) is 1.22. The summed E-state index contributed by atoms with van der Waals surface area (Å²) in [5, 5.41) is 10.2. The molecule has 22 heavy (non-hydrogen) atoms.